The van der Waals surface area contributed by atoms with Gasteiger partial charge in [0.15, 0.2) is 0 Å². The van der Waals surface area contributed by atoms with Crippen molar-refractivity contribution in [1.82, 2.24) is 0 Å². The lowest BCUT2D eigenvalue weighted by Gasteiger charge is -2.26. The van der Waals surface area contributed by atoms with Crippen LogP contribution in [0.3, 0.4) is 0 Å². The van der Waals surface area contributed by atoms with Crippen LogP contribution >= 0.6 is 0 Å². The molecule has 0 aliphatic carbocycles. The van der Waals surface area contributed by atoms with Gasteiger partial charge < -0.3 is 9.32 Å². The van der Waals surface area contributed by atoms with Gasteiger partial charge in [0.2, 0.25) is 0 Å². The second-order valence-corrected chi connectivity index (χ2v) is 16.0. The van der Waals surface area contributed by atoms with Gasteiger partial charge >= 0.3 is 0 Å². The van der Waals surface area contributed by atoms with Crippen molar-refractivity contribution in [2.75, 3.05) is 4.90 Å². The predicted molar refractivity (Wildman–Crippen MR) is 263 cm³/mol. The van der Waals surface area contributed by atoms with Crippen LogP contribution in [0.1, 0.15) is 0 Å². The summed E-state index contributed by atoms with van der Waals surface area (Å²) in [5.41, 5.74) is 14.3. The second kappa shape index (κ2) is 14.8. The number of furan rings is 1. The molecule has 0 aliphatic heterocycles. The zero-order valence-corrected chi connectivity index (χ0v) is 33.9. The van der Waals surface area contributed by atoms with E-state index >= 15 is 0 Å². The third-order valence-corrected chi connectivity index (χ3v) is 12.5. The van der Waals surface area contributed by atoms with E-state index in [-0.39, 0.29) is 0 Å². The van der Waals surface area contributed by atoms with E-state index in [1.165, 1.54) is 49.2 Å². The lowest BCUT2D eigenvalue weighted by molar-refractivity contribution is 0.674. The van der Waals surface area contributed by atoms with Crippen molar-refractivity contribution in [3.8, 4) is 44.5 Å². The van der Waals surface area contributed by atoms with Crippen LogP contribution < -0.4 is 4.90 Å². The Labute approximate surface area is 360 Å². The molecule has 0 N–H and O–H groups in total. The molecule has 1 heterocycles. The molecule has 2 nitrogen and oxygen atoms in total. The van der Waals surface area contributed by atoms with Gasteiger partial charge in [-0.05, 0) is 114 Å². The van der Waals surface area contributed by atoms with Gasteiger partial charge in [0, 0.05) is 38.8 Å². The maximum absolute atomic E-state index is 7.19. The largest absolute Gasteiger partial charge is 0.455 e. The van der Waals surface area contributed by atoms with E-state index in [4.69, 9.17) is 4.42 Å². The number of benzene rings is 11. The number of fused-ring (bicyclic) bond motifs is 9. The Kier molecular flexibility index (Phi) is 8.53. The lowest BCUT2D eigenvalue weighted by Crippen LogP contribution is -2.09. The van der Waals surface area contributed by atoms with Gasteiger partial charge in [0.05, 0.1) is 0 Å². The summed E-state index contributed by atoms with van der Waals surface area (Å²) in [6, 6.07) is 85.2. The van der Waals surface area contributed by atoms with E-state index in [1.807, 2.05) is 0 Å². The van der Waals surface area contributed by atoms with E-state index in [0.29, 0.717) is 0 Å². The minimum absolute atomic E-state index is 0.900. The first-order valence-electron chi connectivity index (χ1n) is 21.2. The molecule has 62 heavy (non-hydrogen) atoms. The van der Waals surface area contributed by atoms with Crippen LogP contribution in [-0.2, 0) is 0 Å². The number of hydrogen-bond acceptors (Lipinski definition) is 2. The van der Waals surface area contributed by atoms with Gasteiger partial charge in [-0.2, -0.15) is 0 Å². The van der Waals surface area contributed by atoms with Crippen molar-refractivity contribution in [2.24, 2.45) is 0 Å². The SMILES string of the molecule is c1ccc(-c2ccc(N(c3ccc(-c4ccccc4)cc3)c3ccc(-c4ccc5c(oc6c7ccccc7c7ccccc7c56)c4-c4ccc5ccccc5c4)cc3)cc2)cc1. The predicted octanol–water partition coefficient (Wildman–Crippen LogP) is 17.2. The molecule has 2 heteroatoms. The highest BCUT2D eigenvalue weighted by molar-refractivity contribution is 6.31. The van der Waals surface area contributed by atoms with Crippen LogP contribution in [0.5, 0.6) is 0 Å². The molecule has 0 bridgehead atoms. The van der Waals surface area contributed by atoms with Crippen molar-refractivity contribution >= 4 is 71.3 Å². The van der Waals surface area contributed by atoms with Crippen LogP contribution in [0, 0.1) is 0 Å². The molecule has 0 fully saturated rings. The quantitative estimate of drug-likeness (QED) is 0.150. The smallest absolute Gasteiger partial charge is 0.143 e. The highest BCUT2D eigenvalue weighted by atomic mass is 16.3. The first-order chi connectivity index (χ1) is 30.7. The molecule has 0 saturated carbocycles. The van der Waals surface area contributed by atoms with Gasteiger partial charge in [-0.1, -0.05) is 188 Å². The van der Waals surface area contributed by atoms with Crippen LogP contribution in [0.2, 0.25) is 0 Å². The lowest BCUT2D eigenvalue weighted by atomic mass is 9.90. The summed E-state index contributed by atoms with van der Waals surface area (Å²) in [6.45, 7) is 0. The first-order valence-corrected chi connectivity index (χ1v) is 21.2. The Morgan fingerprint density at radius 3 is 1.32 bits per heavy atom. The summed E-state index contributed by atoms with van der Waals surface area (Å²) in [6.07, 6.45) is 0. The topological polar surface area (TPSA) is 16.4 Å². The summed E-state index contributed by atoms with van der Waals surface area (Å²) in [5, 5.41) is 9.45. The van der Waals surface area contributed by atoms with Crippen molar-refractivity contribution in [3.63, 3.8) is 0 Å². The van der Waals surface area contributed by atoms with E-state index < -0.39 is 0 Å². The molecule has 11 aromatic carbocycles. The molecular weight excluding hydrogens is 751 g/mol. The van der Waals surface area contributed by atoms with Crippen molar-refractivity contribution in [1.29, 1.82) is 0 Å². The number of anilines is 3. The van der Waals surface area contributed by atoms with E-state index in [0.717, 1.165) is 66.6 Å². The second-order valence-electron chi connectivity index (χ2n) is 16.0. The standard InChI is InChI=1S/C60H39NO/c1-3-13-40(14-4-1)43-25-31-48(32-26-43)61(49-33-27-44(28-34-49)41-15-5-2-6-16-41)50-35-29-45(30-36-50)51-37-38-56-58-54-21-11-9-19-52(54)53-20-10-12-22-55(53)59(58)62-60(56)57(51)47-24-23-42-17-7-8-18-46(42)39-47/h1-39H. The summed E-state index contributed by atoms with van der Waals surface area (Å²) < 4.78 is 7.19. The zero-order chi connectivity index (χ0) is 41.0. The molecular formula is C60H39NO. The van der Waals surface area contributed by atoms with Gasteiger partial charge in [-0.25, -0.2) is 0 Å². The van der Waals surface area contributed by atoms with E-state index in [2.05, 4.69) is 241 Å². The minimum atomic E-state index is 0.900. The van der Waals surface area contributed by atoms with Crippen LogP contribution in [0.15, 0.2) is 241 Å². The minimum Gasteiger partial charge on any atom is -0.455 e. The average molecular weight is 790 g/mol. The average Bonchev–Trinajstić information content (AvgIpc) is 3.75. The van der Waals surface area contributed by atoms with Gasteiger partial charge in [-0.3, -0.25) is 0 Å². The van der Waals surface area contributed by atoms with E-state index in [1.54, 1.807) is 0 Å². The Morgan fingerprint density at radius 2 is 0.726 bits per heavy atom. The molecule has 290 valence electrons. The monoisotopic (exact) mass is 789 g/mol. The Balaban J connectivity index is 1.03. The fourth-order valence-electron chi connectivity index (χ4n) is 9.45. The summed E-state index contributed by atoms with van der Waals surface area (Å²) >= 11 is 0. The van der Waals surface area contributed by atoms with Crippen LogP contribution in [0.4, 0.5) is 17.1 Å². The van der Waals surface area contributed by atoms with Crippen molar-refractivity contribution < 1.29 is 4.42 Å². The molecule has 0 saturated heterocycles. The summed E-state index contributed by atoms with van der Waals surface area (Å²) in [7, 11) is 0. The fraction of sp³-hybridized carbons (Fsp3) is 0. The maximum atomic E-state index is 7.19. The number of rotatable bonds is 7. The Hall–Kier alpha value is -8.20. The Bertz CT molecular complexity index is 3510. The molecule has 0 radical (unpaired) electrons. The Morgan fingerprint density at radius 1 is 0.274 bits per heavy atom. The summed E-state index contributed by atoms with van der Waals surface area (Å²) in [5.74, 6) is 0. The number of nitrogens with zero attached hydrogens (tertiary/aromatic N) is 1. The highest BCUT2D eigenvalue weighted by Gasteiger charge is 2.22. The molecule has 12 rings (SSSR count). The van der Waals surface area contributed by atoms with Crippen LogP contribution in [-0.4, -0.2) is 0 Å². The normalized spacial score (nSPS) is 11.5. The molecule has 0 aliphatic rings. The van der Waals surface area contributed by atoms with E-state index in [9.17, 15) is 0 Å². The fourth-order valence-corrected chi connectivity index (χ4v) is 9.45. The molecule has 1 aromatic heterocycles. The van der Waals surface area contributed by atoms with Crippen molar-refractivity contribution in [3.05, 3.63) is 237 Å². The molecule has 0 atom stereocenters. The molecule has 0 spiro atoms. The summed E-state index contributed by atoms with van der Waals surface area (Å²) in [4.78, 5) is 2.34. The van der Waals surface area contributed by atoms with Gasteiger partial charge in [0.1, 0.15) is 11.2 Å². The third-order valence-electron chi connectivity index (χ3n) is 12.5. The maximum Gasteiger partial charge on any atom is 0.143 e. The van der Waals surface area contributed by atoms with Gasteiger partial charge in [0.25, 0.3) is 0 Å². The van der Waals surface area contributed by atoms with Crippen LogP contribution in [0.25, 0.3) is 98.8 Å². The number of hydrogen-bond donors (Lipinski definition) is 0. The van der Waals surface area contributed by atoms with Crippen molar-refractivity contribution in [2.45, 2.75) is 0 Å². The molecule has 12 aromatic rings. The molecule has 0 unspecified atom stereocenters. The third kappa shape index (κ3) is 6.04. The molecule has 0 amide bonds. The zero-order valence-electron chi connectivity index (χ0n) is 33.9. The first kappa shape index (κ1) is 35.7. The highest BCUT2D eigenvalue weighted by Crippen LogP contribution is 2.47. The van der Waals surface area contributed by atoms with Gasteiger partial charge in [-0.15, -0.1) is 0 Å².